The van der Waals surface area contributed by atoms with Gasteiger partial charge >= 0.3 is 9.05 Å². The number of hydrogen-bond donors (Lipinski definition) is 0. The minimum atomic E-state index is -2.98. The molecule has 0 aromatic heterocycles. The SMILES string of the molecule is CO[Si](OC)(OC)O[Si](C)(C)CCCOC1CC(C)(C)N(C)C(C)(C)C1. The molecular formula is C18H41NO5Si2. The van der Waals surface area contributed by atoms with Gasteiger partial charge < -0.3 is 22.1 Å². The number of nitrogens with zero attached hydrogens (tertiary/aromatic N) is 1. The Morgan fingerprint density at radius 3 is 1.81 bits per heavy atom. The minimum Gasteiger partial charge on any atom is -0.394 e. The van der Waals surface area contributed by atoms with Gasteiger partial charge in [-0.05, 0) is 73.1 Å². The van der Waals surface area contributed by atoms with E-state index in [2.05, 4.69) is 52.7 Å². The van der Waals surface area contributed by atoms with Crippen LogP contribution < -0.4 is 0 Å². The van der Waals surface area contributed by atoms with Crippen LogP contribution in [0.1, 0.15) is 47.0 Å². The van der Waals surface area contributed by atoms with Crippen LogP contribution in [0.2, 0.25) is 19.1 Å². The van der Waals surface area contributed by atoms with Gasteiger partial charge in [-0.1, -0.05) is 0 Å². The Labute approximate surface area is 163 Å². The highest BCUT2D eigenvalue weighted by atomic mass is 28.5. The molecule has 1 fully saturated rings. The van der Waals surface area contributed by atoms with Crippen molar-refractivity contribution in [2.45, 2.75) is 83.3 Å². The monoisotopic (exact) mass is 407 g/mol. The highest BCUT2D eigenvalue weighted by molar-refractivity contribution is 6.78. The molecule has 1 aliphatic heterocycles. The second kappa shape index (κ2) is 9.13. The average Bonchev–Trinajstić information content (AvgIpc) is 2.54. The van der Waals surface area contributed by atoms with Crippen molar-refractivity contribution >= 4 is 17.4 Å². The topological polar surface area (TPSA) is 49.4 Å². The van der Waals surface area contributed by atoms with Crippen LogP contribution in [0.5, 0.6) is 0 Å². The van der Waals surface area contributed by atoms with Crippen molar-refractivity contribution in [3.8, 4) is 0 Å². The maximum atomic E-state index is 6.26. The Morgan fingerprint density at radius 1 is 0.923 bits per heavy atom. The molecule has 1 saturated heterocycles. The Hall–Kier alpha value is 0.194. The average molecular weight is 408 g/mol. The van der Waals surface area contributed by atoms with E-state index < -0.39 is 17.4 Å². The number of ether oxygens (including phenoxy) is 1. The van der Waals surface area contributed by atoms with Crippen LogP contribution in [0.25, 0.3) is 0 Å². The first-order valence-electron chi connectivity index (χ1n) is 9.54. The first kappa shape index (κ1) is 24.2. The van der Waals surface area contributed by atoms with Crippen LogP contribution in [-0.4, -0.2) is 74.4 Å². The van der Waals surface area contributed by atoms with Crippen molar-refractivity contribution in [2.24, 2.45) is 0 Å². The molecule has 0 unspecified atom stereocenters. The summed E-state index contributed by atoms with van der Waals surface area (Å²) in [5, 5.41) is 0. The summed E-state index contributed by atoms with van der Waals surface area (Å²) in [6.07, 6.45) is 3.43. The Balaban J connectivity index is 2.48. The highest BCUT2D eigenvalue weighted by Crippen LogP contribution is 2.38. The van der Waals surface area contributed by atoms with Crippen molar-refractivity contribution < 1.29 is 22.1 Å². The Kier molecular flexibility index (Phi) is 8.51. The predicted molar refractivity (Wildman–Crippen MR) is 110 cm³/mol. The third-order valence-corrected chi connectivity index (χ3v) is 12.0. The third kappa shape index (κ3) is 6.37. The van der Waals surface area contributed by atoms with E-state index in [1.54, 1.807) is 21.3 Å². The second-order valence-corrected chi connectivity index (χ2v) is 16.2. The maximum absolute atomic E-state index is 6.26. The van der Waals surface area contributed by atoms with Gasteiger partial charge in [-0.3, -0.25) is 4.90 Å². The van der Waals surface area contributed by atoms with Crippen molar-refractivity contribution in [3.05, 3.63) is 0 Å². The van der Waals surface area contributed by atoms with Crippen LogP contribution in [0.4, 0.5) is 0 Å². The summed E-state index contributed by atoms with van der Waals surface area (Å²) in [5.41, 5.74) is 0.314. The maximum Gasteiger partial charge on any atom is 0.668 e. The molecule has 0 aromatic carbocycles. The van der Waals surface area contributed by atoms with Gasteiger partial charge in [-0.2, -0.15) is 0 Å². The van der Waals surface area contributed by atoms with Gasteiger partial charge in [0.25, 0.3) is 0 Å². The zero-order valence-corrected chi connectivity index (χ0v) is 20.6. The molecule has 0 saturated carbocycles. The number of rotatable bonds is 10. The fraction of sp³-hybridized carbons (Fsp3) is 1.00. The van der Waals surface area contributed by atoms with E-state index in [1.807, 2.05) is 0 Å². The molecule has 0 radical (unpaired) electrons. The van der Waals surface area contributed by atoms with Gasteiger partial charge in [0.1, 0.15) is 0 Å². The van der Waals surface area contributed by atoms with Crippen molar-refractivity contribution in [1.29, 1.82) is 0 Å². The smallest absolute Gasteiger partial charge is 0.394 e. The molecule has 26 heavy (non-hydrogen) atoms. The van der Waals surface area contributed by atoms with Gasteiger partial charge in [0.05, 0.1) is 6.10 Å². The summed E-state index contributed by atoms with van der Waals surface area (Å²) in [4.78, 5) is 2.48. The molecule has 0 aliphatic carbocycles. The molecule has 1 aliphatic rings. The Morgan fingerprint density at radius 2 is 1.38 bits per heavy atom. The number of piperidine rings is 1. The van der Waals surface area contributed by atoms with Crippen LogP contribution in [0.15, 0.2) is 0 Å². The zero-order chi connectivity index (χ0) is 20.2. The zero-order valence-electron chi connectivity index (χ0n) is 18.6. The standard InChI is InChI=1S/C18H41NO5Si2/c1-17(2)14-16(15-18(3,4)19(17)5)23-12-11-13-25(9,10)24-26(20-6,21-7)22-8/h16H,11-15H2,1-10H3. The molecule has 0 amide bonds. The lowest BCUT2D eigenvalue weighted by Crippen LogP contribution is -2.60. The molecular weight excluding hydrogens is 366 g/mol. The summed E-state index contributed by atoms with van der Waals surface area (Å²) in [6.45, 7) is 14.3. The van der Waals surface area contributed by atoms with E-state index in [0.717, 1.165) is 31.9 Å². The fourth-order valence-corrected chi connectivity index (χ4v) is 9.52. The lowest BCUT2D eigenvalue weighted by molar-refractivity contribution is -0.0912. The van der Waals surface area contributed by atoms with Crippen LogP contribution in [0.3, 0.4) is 0 Å². The molecule has 0 atom stereocenters. The molecule has 0 N–H and O–H groups in total. The van der Waals surface area contributed by atoms with Gasteiger partial charge in [-0.25, -0.2) is 0 Å². The predicted octanol–water partition coefficient (Wildman–Crippen LogP) is 3.64. The van der Waals surface area contributed by atoms with E-state index >= 15 is 0 Å². The quantitative estimate of drug-likeness (QED) is 0.407. The van der Waals surface area contributed by atoms with Crippen molar-refractivity contribution in [2.75, 3.05) is 35.0 Å². The van der Waals surface area contributed by atoms with Crippen LogP contribution in [0, 0.1) is 0 Å². The summed E-state index contributed by atoms with van der Waals surface area (Å²) in [7, 11) is 2.03. The largest absolute Gasteiger partial charge is 0.668 e. The summed E-state index contributed by atoms with van der Waals surface area (Å²) >= 11 is 0. The van der Waals surface area contributed by atoms with E-state index in [0.29, 0.717) is 6.10 Å². The fourth-order valence-electron chi connectivity index (χ4n) is 3.91. The van der Waals surface area contributed by atoms with Gasteiger partial charge in [0.15, 0.2) is 8.32 Å². The molecule has 156 valence electrons. The lowest BCUT2D eigenvalue weighted by Gasteiger charge is -2.53. The molecule has 8 heteroatoms. The van der Waals surface area contributed by atoms with Crippen molar-refractivity contribution in [1.82, 2.24) is 4.90 Å². The van der Waals surface area contributed by atoms with E-state index in [4.69, 9.17) is 22.1 Å². The van der Waals surface area contributed by atoms with E-state index in [9.17, 15) is 0 Å². The third-order valence-electron chi connectivity index (χ3n) is 5.70. The molecule has 1 heterocycles. The summed E-state index contributed by atoms with van der Waals surface area (Å²) in [6, 6.07) is 0.983. The Bertz CT molecular complexity index is 415. The minimum absolute atomic E-state index is 0.157. The first-order valence-corrected chi connectivity index (χ1v) is 14.3. The normalized spacial score (nSPS) is 21.9. The molecule has 6 nitrogen and oxygen atoms in total. The summed E-state index contributed by atoms with van der Waals surface area (Å²) in [5.74, 6) is 0. The molecule has 0 bridgehead atoms. The van der Waals surface area contributed by atoms with Gasteiger partial charge in [0.2, 0.25) is 0 Å². The number of likely N-dealkylation sites (tertiary alicyclic amines) is 1. The highest BCUT2D eigenvalue weighted by Gasteiger charge is 2.47. The van der Waals surface area contributed by atoms with E-state index in [-0.39, 0.29) is 11.1 Å². The lowest BCUT2D eigenvalue weighted by atomic mass is 9.79. The van der Waals surface area contributed by atoms with Crippen molar-refractivity contribution in [3.63, 3.8) is 0 Å². The number of hydrogen-bond acceptors (Lipinski definition) is 6. The van der Waals surface area contributed by atoms with Crippen LogP contribution >= 0.6 is 0 Å². The molecule has 0 aromatic rings. The van der Waals surface area contributed by atoms with Crippen LogP contribution in [-0.2, 0) is 22.1 Å². The second-order valence-electron chi connectivity index (χ2n) is 9.16. The van der Waals surface area contributed by atoms with Gasteiger partial charge in [0, 0.05) is 39.0 Å². The summed E-state index contributed by atoms with van der Waals surface area (Å²) < 4.78 is 28.7. The van der Waals surface area contributed by atoms with E-state index in [1.165, 1.54) is 0 Å². The first-order chi connectivity index (χ1) is 11.8. The molecule has 0 spiro atoms. The molecule has 1 rings (SSSR count). The van der Waals surface area contributed by atoms with Gasteiger partial charge in [-0.15, -0.1) is 0 Å².